The van der Waals surface area contributed by atoms with E-state index in [1.54, 1.807) is 6.21 Å². The van der Waals surface area contributed by atoms with Crippen LogP contribution >= 0.6 is 0 Å². The van der Waals surface area contributed by atoms with E-state index in [9.17, 15) is 0 Å². The maximum atomic E-state index is 5.66. The molecule has 0 radical (unpaired) electrons. The molecule has 0 bridgehead atoms. The van der Waals surface area contributed by atoms with Gasteiger partial charge in [-0.05, 0) is 17.0 Å². The SMILES string of the molecule is CC(C)C(O/N=C/c1ccccc1)c1ccccc1. The summed E-state index contributed by atoms with van der Waals surface area (Å²) in [6.45, 7) is 4.27. The second-order valence-corrected chi connectivity index (χ2v) is 4.83. The van der Waals surface area contributed by atoms with Gasteiger partial charge in [-0.25, -0.2) is 0 Å². The Labute approximate surface area is 114 Å². The second kappa shape index (κ2) is 6.74. The largest absolute Gasteiger partial charge is 0.387 e. The Morgan fingerprint density at radius 2 is 1.47 bits per heavy atom. The van der Waals surface area contributed by atoms with Gasteiger partial charge in [-0.2, -0.15) is 0 Å². The Kier molecular flexibility index (Phi) is 4.73. The van der Waals surface area contributed by atoms with Crippen LogP contribution in [0.1, 0.15) is 31.1 Å². The number of rotatable bonds is 5. The summed E-state index contributed by atoms with van der Waals surface area (Å²) in [5.74, 6) is 0.371. The molecule has 0 aliphatic heterocycles. The third kappa shape index (κ3) is 3.95. The predicted octanol–water partition coefficient (Wildman–Crippen LogP) is 4.43. The van der Waals surface area contributed by atoms with Crippen molar-refractivity contribution in [2.75, 3.05) is 0 Å². The summed E-state index contributed by atoms with van der Waals surface area (Å²) in [5, 5.41) is 4.11. The van der Waals surface area contributed by atoms with E-state index in [1.807, 2.05) is 48.5 Å². The first kappa shape index (κ1) is 13.3. The van der Waals surface area contributed by atoms with Crippen molar-refractivity contribution in [3.05, 3.63) is 71.8 Å². The molecule has 0 fully saturated rings. The van der Waals surface area contributed by atoms with Gasteiger partial charge in [0.15, 0.2) is 6.10 Å². The van der Waals surface area contributed by atoms with Crippen LogP contribution in [0.3, 0.4) is 0 Å². The molecule has 0 aromatic heterocycles. The molecule has 2 nitrogen and oxygen atoms in total. The standard InChI is InChI=1S/C17H19NO/c1-14(2)17(16-11-7-4-8-12-16)19-18-13-15-9-5-3-6-10-15/h3-14,17H,1-2H3/b18-13+. The molecule has 2 aromatic carbocycles. The summed E-state index contributed by atoms with van der Waals surface area (Å²) in [6.07, 6.45) is 1.74. The number of nitrogens with zero attached hydrogens (tertiary/aromatic N) is 1. The molecule has 0 saturated carbocycles. The van der Waals surface area contributed by atoms with Crippen LogP contribution in [-0.4, -0.2) is 6.21 Å². The minimum atomic E-state index is -0.0128. The fourth-order valence-corrected chi connectivity index (χ4v) is 1.91. The molecule has 19 heavy (non-hydrogen) atoms. The lowest BCUT2D eigenvalue weighted by Gasteiger charge is -2.18. The van der Waals surface area contributed by atoms with Crippen LogP contribution in [0.5, 0.6) is 0 Å². The average molecular weight is 253 g/mol. The van der Waals surface area contributed by atoms with Crippen molar-refractivity contribution in [1.29, 1.82) is 0 Å². The van der Waals surface area contributed by atoms with Crippen molar-refractivity contribution in [1.82, 2.24) is 0 Å². The zero-order chi connectivity index (χ0) is 13.5. The minimum Gasteiger partial charge on any atom is -0.387 e. The second-order valence-electron chi connectivity index (χ2n) is 4.83. The highest BCUT2D eigenvalue weighted by Crippen LogP contribution is 2.25. The van der Waals surface area contributed by atoms with Crippen LogP contribution in [0.4, 0.5) is 0 Å². The van der Waals surface area contributed by atoms with Crippen molar-refractivity contribution < 1.29 is 4.84 Å². The number of hydrogen-bond acceptors (Lipinski definition) is 2. The predicted molar refractivity (Wildman–Crippen MR) is 79.1 cm³/mol. The lowest BCUT2D eigenvalue weighted by atomic mass is 9.99. The van der Waals surface area contributed by atoms with Gasteiger partial charge in [-0.3, -0.25) is 0 Å². The first-order valence-electron chi connectivity index (χ1n) is 6.56. The maximum absolute atomic E-state index is 5.66. The Morgan fingerprint density at radius 3 is 2.05 bits per heavy atom. The van der Waals surface area contributed by atoms with Crippen LogP contribution in [0, 0.1) is 5.92 Å². The summed E-state index contributed by atoms with van der Waals surface area (Å²) in [7, 11) is 0. The molecule has 0 heterocycles. The third-order valence-electron chi connectivity index (χ3n) is 2.91. The Hall–Kier alpha value is -2.09. The zero-order valence-corrected chi connectivity index (χ0v) is 11.4. The van der Waals surface area contributed by atoms with Crippen molar-refractivity contribution in [3.63, 3.8) is 0 Å². The molecular formula is C17H19NO. The fraction of sp³-hybridized carbons (Fsp3) is 0.235. The quantitative estimate of drug-likeness (QED) is 0.570. The average Bonchev–Trinajstić information content (AvgIpc) is 2.45. The van der Waals surface area contributed by atoms with E-state index in [1.165, 1.54) is 0 Å². The number of hydrogen-bond donors (Lipinski definition) is 0. The van der Waals surface area contributed by atoms with E-state index < -0.39 is 0 Å². The molecule has 0 spiro atoms. The van der Waals surface area contributed by atoms with Gasteiger partial charge in [-0.1, -0.05) is 79.7 Å². The Morgan fingerprint density at radius 1 is 0.895 bits per heavy atom. The number of benzene rings is 2. The summed E-state index contributed by atoms with van der Waals surface area (Å²) >= 11 is 0. The molecule has 98 valence electrons. The van der Waals surface area contributed by atoms with Gasteiger partial charge in [0.25, 0.3) is 0 Å². The van der Waals surface area contributed by atoms with Crippen LogP contribution in [-0.2, 0) is 4.84 Å². The zero-order valence-electron chi connectivity index (χ0n) is 11.4. The smallest absolute Gasteiger partial charge is 0.154 e. The Balaban J connectivity index is 2.05. The van der Waals surface area contributed by atoms with Crippen LogP contribution < -0.4 is 0 Å². The summed E-state index contributed by atoms with van der Waals surface area (Å²) < 4.78 is 0. The first-order valence-corrected chi connectivity index (χ1v) is 6.56. The summed E-state index contributed by atoms with van der Waals surface area (Å²) in [4.78, 5) is 5.66. The molecule has 0 amide bonds. The van der Waals surface area contributed by atoms with E-state index in [0.717, 1.165) is 11.1 Å². The highest BCUT2D eigenvalue weighted by atomic mass is 16.6. The van der Waals surface area contributed by atoms with Gasteiger partial charge in [0.05, 0.1) is 6.21 Å². The first-order chi connectivity index (χ1) is 9.27. The van der Waals surface area contributed by atoms with Crippen molar-refractivity contribution in [3.8, 4) is 0 Å². The van der Waals surface area contributed by atoms with Gasteiger partial charge < -0.3 is 4.84 Å². The molecule has 2 rings (SSSR count). The van der Waals surface area contributed by atoms with Gasteiger partial charge in [0.1, 0.15) is 0 Å². The molecule has 1 unspecified atom stereocenters. The molecule has 2 aromatic rings. The topological polar surface area (TPSA) is 21.6 Å². The lowest BCUT2D eigenvalue weighted by molar-refractivity contribution is 0.0265. The van der Waals surface area contributed by atoms with Gasteiger partial charge in [-0.15, -0.1) is 0 Å². The van der Waals surface area contributed by atoms with Crippen molar-refractivity contribution in [2.24, 2.45) is 11.1 Å². The lowest BCUT2D eigenvalue weighted by Crippen LogP contribution is -2.08. The third-order valence-corrected chi connectivity index (χ3v) is 2.91. The van der Waals surface area contributed by atoms with Gasteiger partial charge >= 0.3 is 0 Å². The maximum Gasteiger partial charge on any atom is 0.154 e. The monoisotopic (exact) mass is 253 g/mol. The highest BCUT2D eigenvalue weighted by Gasteiger charge is 2.16. The number of oxime groups is 1. The molecular weight excluding hydrogens is 234 g/mol. The Bertz CT molecular complexity index is 505. The highest BCUT2D eigenvalue weighted by molar-refractivity contribution is 5.78. The van der Waals surface area contributed by atoms with Gasteiger partial charge in [0, 0.05) is 0 Å². The van der Waals surface area contributed by atoms with Crippen molar-refractivity contribution >= 4 is 6.21 Å². The molecule has 1 atom stereocenters. The fourth-order valence-electron chi connectivity index (χ4n) is 1.91. The summed E-state index contributed by atoms with van der Waals surface area (Å²) in [6, 6.07) is 20.2. The van der Waals surface area contributed by atoms with E-state index in [-0.39, 0.29) is 6.10 Å². The minimum absolute atomic E-state index is 0.0128. The van der Waals surface area contributed by atoms with E-state index in [0.29, 0.717) is 5.92 Å². The van der Waals surface area contributed by atoms with E-state index in [4.69, 9.17) is 4.84 Å². The van der Waals surface area contributed by atoms with Crippen LogP contribution in [0.15, 0.2) is 65.8 Å². The molecule has 0 saturated heterocycles. The van der Waals surface area contributed by atoms with Crippen LogP contribution in [0.2, 0.25) is 0 Å². The summed E-state index contributed by atoms with van der Waals surface area (Å²) in [5.41, 5.74) is 2.20. The van der Waals surface area contributed by atoms with E-state index >= 15 is 0 Å². The van der Waals surface area contributed by atoms with Gasteiger partial charge in [0.2, 0.25) is 0 Å². The van der Waals surface area contributed by atoms with E-state index in [2.05, 4.69) is 31.1 Å². The molecule has 0 aliphatic rings. The molecule has 0 N–H and O–H groups in total. The van der Waals surface area contributed by atoms with Crippen molar-refractivity contribution in [2.45, 2.75) is 20.0 Å². The molecule has 2 heteroatoms. The normalized spacial score (nSPS) is 12.8. The van der Waals surface area contributed by atoms with Crippen LogP contribution in [0.25, 0.3) is 0 Å². The molecule has 0 aliphatic carbocycles.